The van der Waals surface area contributed by atoms with Crippen molar-refractivity contribution in [2.45, 2.75) is 27.2 Å². The molecule has 5 nitrogen and oxygen atoms in total. The van der Waals surface area contributed by atoms with Gasteiger partial charge in [0.05, 0.1) is 6.54 Å². The van der Waals surface area contributed by atoms with Gasteiger partial charge in [-0.25, -0.2) is 0 Å². The van der Waals surface area contributed by atoms with Crippen LogP contribution in [0.25, 0.3) is 6.08 Å². The third-order valence-corrected chi connectivity index (χ3v) is 4.95. The molecular weight excluding hydrogens is 338 g/mol. The largest absolute Gasteiger partial charge is 0.339 e. The van der Waals surface area contributed by atoms with Gasteiger partial charge in [0, 0.05) is 46.2 Å². The summed E-state index contributed by atoms with van der Waals surface area (Å²) in [6.45, 7) is 10.8. The molecule has 148 valence electrons. The smallest absolute Gasteiger partial charge is 0.242 e. The molecule has 0 radical (unpaired) electrons. The van der Waals surface area contributed by atoms with Crippen LogP contribution >= 0.6 is 0 Å². The summed E-state index contributed by atoms with van der Waals surface area (Å²) in [5, 5.41) is 0. The molecule has 2 amide bonds. The van der Waals surface area contributed by atoms with Crippen molar-refractivity contribution >= 4 is 17.9 Å². The van der Waals surface area contributed by atoms with E-state index in [2.05, 4.69) is 43.0 Å². The zero-order valence-corrected chi connectivity index (χ0v) is 16.9. The van der Waals surface area contributed by atoms with Crippen LogP contribution in [0.1, 0.15) is 32.8 Å². The highest BCUT2D eigenvalue weighted by Crippen LogP contribution is 2.07. The van der Waals surface area contributed by atoms with Gasteiger partial charge in [-0.2, -0.15) is 0 Å². The quantitative estimate of drug-likeness (QED) is 0.706. The summed E-state index contributed by atoms with van der Waals surface area (Å²) in [5.74, 6) is 0.566. The molecule has 1 aliphatic heterocycles. The predicted molar refractivity (Wildman–Crippen MR) is 110 cm³/mol. The molecule has 0 N–H and O–H groups in total. The Labute approximate surface area is 163 Å². The Bertz CT molecular complexity index is 620. The first-order valence-electron chi connectivity index (χ1n) is 9.93. The van der Waals surface area contributed by atoms with Crippen molar-refractivity contribution in [1.82, 2.24) is 14.7 Å². The minimum Gasteiger partial charge on any atom is -0.339 e. The first-order chi connectivity index (χ1) is 13.0. The van der Waals surface area contributed by atoms with Gasteiger partial charge < -0.3 is 9.80 Å². The lowest BCUT2D eigenvalue weighted by Gasteiger charge is -2.35. The number of amides is 2. The monoisotopic (exact) mass is 371 g/mol. The van der Waals surface area contributed by atoms with E-state index in [1.54, 1.807) is 11.8 Å². The molecule has 0 bridgehead atoms. The van der Waals surface area contributed by atoms with E-state index in [-0.39, 0.29) is 18.4 Å². The maximum Gasteiger partial charge on any atom is 0.242 e. The highest BCUT2D eigenvalue weighted by atomic mass is 16.2. The molecular formula is C22H33N3O2. The van der Waals surface area contributed by atoms with Gasteiger partial charge in [0.1, 0.15) is 0 Å². The third-order valence-electron chi connectivity index (χ3n) is 4.95. The van der Waals surface area contributed by atoms with E-state index in [0.717, 1.165) is 39.1 Å². The van der Waals surface area contributed by atoms with Crippen molar-refractivity contribution in [3.63, 3.8) is 0 Å². The summed E-state index contributed by atoms with van der Waals surface area (Å²) in [4.78, 5) is 30.3. The summed E-state index contributed by atoms with van der Waals surface area (Å²) in [6, 6.07) is 10.3. The molecule has 1 saturated heterocycles. The molecule has 0 saturated carbocycles. The van der Waals surface area contributed by atoms with Gasteiger partial charge in [-0.1, -0.05) is 56.3 Å². The third kappa shape index (κ3) is 7.55. The highest BCUT2D eigenvalue weighted by Gasteiger charge is 2.23. The maximum absolute atomic E-state index is 12.6. The molecule has 1 aromatic carbocycles. The molecule has 0 aromatic heterocycles. The van der Waals surface area contributed by atoms with E-state index in [9.17, 15) is 9.59 Å². The number of benzene rings is 1. The topological polar surface area (TPSA) is 43.9 Å². The minimum absolute atomic E-state index is 0.0197. The first kappa shape index (κ1) is 21.2. The van der Waals surface area contributed by atoms with Gasteiger partial charge in [0.2, 0.25) is 11.8 Å². The van der Waals surface area contributed by atoms with Crippen molar-refractivity contribution < 1.29 is 9.59 Å². The fourth-order valence-corrected chi connectivity index (χ4v) is 3.11. The number of nitrogens with zero attached hydrogens (tertiary/aromatic N) is 3. The lowest BCUT2D eigenvalue weighted by atomic mass is 10.1. The molecule has 1 aliphatic rings. The first-order valence-corrected chi connectivity index (χ1v) is 9.93. The standard InChI is InChI=1S/C22H33N3O2/c1-19(2)11-13-25(20(3)26)18-22(27)24-16-14-23(15-17-24)12-7-10-21-8-5-4-6-9-21/h4-10,19H,11-18H2,1-3H3/b10-7+. The van der Waals surface area contributed by atoms with Crippen molar-refractivity contribution in [3.8, 4) is 0 Å². The Morgan fingerprint density at radius 2 is 1.78 bits per heavy atom. The predicted octanol–water partition coefficient (Wildman–Crippen LogP) is 2.74. The molecule has 0 atom stereocenters. The molecule has 5 heteroatoms. The number of piperazine rings is 1. The Morgan fingerprint density at radius 1 is 1.11 bits per heavy atom. The van der Waals surface area contributed by atoms with Crippen LogP contribution in [0.3, 0.4) is 0 Å². The number of carbonyl (C=O) groups excluding carboxylic acids is 2. The van der Waals surface area contributed by atoms with Crippen molar-refractivity contribution in [3.05, 3.63) is 42.0 Å². The SMILES string of the molecule is CC(=O)N(CCC(C)C)CC(=O)N1CCN(C/C=C/c2ccccc2)CC1. The van der Waals surface area contributed by atoms with E-state index in [1.807, 2.05) is 23.1 Å². The molecule has 0 spiro atoms. The lowest BCUT2D eigenvalue weighted by molar-refractivity contribution is -0.140. The highest BCUT2D eigenvalue weighted by molar-refractivity contribution is 5.83. The molecule has 27 heavy (non-hydrogen) atoms. The summed E-state index contributed by atoms with van der Waals surface area (Å²) >= 11 is 0. The van der Waals surface area contributed by atoms with Crippen molar-refractivity contribution in [1.29, 1.82) is 0 Å². The van der Waals surface area contributed by atoms with E-state index in [1.165, 1.54) is 5.56 Å². The minimum atomic E-state index is -0.0197. The molecule has 1 heterocycles. The van der Waals surface area contributed by atoms with Crippen LogP contribution in [0.5, 0.6) is 0 Å². The van der Waals surface area contributed by atoms with Gasteiger partial charge in [-0.15, -0.1) is 0 Å². The summed E-state index contributed by atoms with van der Waals surface area (Å²) < 4.78 is 0. The number of rotatable bonds is 8. The van der Waals surface area contributed by atoms with Crippen molar-refractivity contribution in [2.75, 3.05) is 45.8 Å². The Hall–Kier alpha value is -2.14. The van der Waals surface area contributed by atoms with Gasteiger partial charge in [-0.3, -0.25) is 14.5 Å². The fraction of sp³-hybridized carbons (Fsp3) is 0.545. The van der Waals surface area contributed by atoms with E-state index < -0.39 is 0 Å². The van der Waals surface area contributed by atoms with Crippen molar-refractivity contribution in [2.24, 2.45) is 5.92 Å². The Balaban J connectivity index is 1.74. The van der Waals surface area contributed by atoms with Gasteiger partial charge in [0.15, 0.2) is 0 Å². The Morgan fingerprint density at radius 3 is 2.37 bits per heavy atom. The zero-order valence-electron chi connectivity index (χ0n) is 16.9. The second kappa shape index (κ2) is 10.9. The fourth-order valence-electron chi connectivity index (χ4n) is 3.11. The average molecular weight is 372 g/mol. The van der Waals surface area contributed by atoms with Crippen LogP contribution in [0, 0.1) is 5.92 Å². The zero-order chi connectivity index (χ0) is 19.6. The second-order valence-corrected chi connectivity index (χ2v) is 7.62. The number of hydrogen-bond acceptors (Lipinski definition) is 3. The molecule has 0 unspecified atom stereocenters. The van der Waals surface area contributed by atoms with Gasteiger partial charge in [-0.05, 0) is 17.9 Å². The van der Waals surface area contributed by atoms with Crippen LogP contribution in [-0.2, 0) is 9.59 Å². The van der Waals surface area contributed by atoms with Gasteiger partial charge >= 0.3 is 0 Å². The molecule has 0 aliphatic carbocycles. The van der Waals surface area contributed by atoms with Crippen LogP contribution in [0.15, 0.2) is 36.4 Å². The van der Waals surface area contributed by atoms with Gasteiger partial charge in [0.25, 0.3) is 0 Å². The maximum atomic E-state index is 12.6. The molecule has 2 rings (SSSR count). The normalized spacial score (nSPS) is 15.5. The van der Waals surface area contributed by atoms with Crippen LogP contribution < -0.4 is 0 Å². The average Bonchev–Trinajstić information content (AvgIpc) is 2.66. The number of hydrogen-bond donors (Lipinski definition) is 0. The second-order valence-electron chi connectivity index (χ2n) is 7.62. The summed E-state index contributed by atoms with van der Waals surface area (Å²) in [6.07, 6.45) is 5.24. The van der Waals surface area contributed by atoms with Crippen LogP contribution in [-0.4, -0.2) is 72.3 Å². The summed E-state index contributed by atoms with van der Waals surface area (Å²) in [7, 11) is 0. The Kier molecular flexibility index (Phi) is 8.52. The van der Waals surface area contributed by atoms with E-state index in [0.29, 0.717) is 12.5 Å². The summed E-state index contributed by atoms with van der Waals surface area (Å²) in [5.41, 5.74) is 1.21. The number of carbonyl (C=O) groups is 2. The van der Waals surface area contributed by atoms with E-state index >= 15 is 0 Å². The van der Waals surface area contributed by atoms with Crippen LogP contribution in [0.2, 0.25) is 0 Å². The van der Waals surface area contributed by atoms with Crippen LogP contribution in [0.4, 0.5) is 0 Å². The lowest BCUT2D eigenvalue weighted by Crippen LogP contribution is -2.51. The molecule has 1 aromatic rings. The van der Waals surface area contributed by atoms with E-state index in [4.69, 9.17) is 0 Å². The molecule has 1 fully saturated rings.